The molecule has 2 rings (SSSR count). The van der Waals surface area contributed by atoms with Gasteiger partial charge < -0.3 is 14.8 Å². The summed E-state index contributed by atoms with van der Waals surface area (Å²) >= 11 is 0. The average Bonchev–Trinajstić information content (AvgIpc) is 2.94. The number of ether oxygens (including phenoxy) is 2. The van der Waals surface area contributed by atoms with E-state index in [2.05, 4.69) is 23.2 Å². The molecule has 19 heavy (non-hydrogen) atoms. The van der Waals surface area contributed by atoms with Crippen molar-refractivity contribution >= 4 is 0 Å². The summed E-state index contributed by atoms with van der Waals surface area (Å²) in [5.74, 6) is 1.81. The molecule has 4 heteroatoms. The lowest BCUT2D eigenvalue weighted by molar-refractivity contribution is 0.250. The van der Waals surface area contributed by atoms with Crippen molar-refractivity contribution in [2.75, 3.05) is 34.4 Å². The topological polar surface area (TPSA) is 33.7 Å². The van der Waals surface area contributed by atoms with Crippen molar-refractivity contribution in [3.05, 3.63) is 23.8 Å². The normalized spacial score (nSPS) is 21.4. The highest BCUT2D eigenvalue weighted by molar-refractivity contribution is 5.42. The largest absolute Gasteiger partial charge is 0.497 e. The quantitative estimate of drug-likeness (QED) is 0.882. The zero-order valence-corrected chi connectivity index (χ0v) is 12.3. The van der Waals surface area contributed by atoms with E-state index >= 15 is 0 Å². The maximum absolute atomic E-state index is 5.48. The predicted molar refractivity (Wildman–Crippen MR) is 77.0 cm³/mol. The van der Waals surface area contributed by atoms with Gasteiger partial charge in [0.2, 0.25) is 0 Å². The molecule has 1 aromatic rings. The standard InChI is InChI=1S/C15H24N2O2/c1-11(17-8-7-12(10-17)16-2)14-9-13(18-3)5-6-15(14)19-4/h5-6,9,11-12,16H,7-8,10H2,1-4H3. The molecular weight excluding hydrogens is 240 g/mol. The Labute approximate surface area is 115 Å². The minimum absolute atomic E-state index is 0.336. The third-order valence-corrected chi connectivity index (χ3v) is 4.06. The van der Waals surface area contributed by atoms with Crippen LogP contribution in [0.1, 0.15) is 24.9 Å². The molecule has 0 radical (unpaired) electrons. The zero-order chi connectivity index (χ0) is 13.8. The van der Waals surface area contributed by atoms with Gasteiger partial charge in [0, 0.05) is 30.7 Å². The van der Waals surface area contributed by atoms with Gasteiger partial charge in [-0.2, -0.15) is 0 Å². The number of methoxy groups -OCH3 is 2. The van der Waals surface area contributed by atoms with E-state index in [0.717, 1.165) is 24.6 Å². The first-order valence-corrected chi connectivity index (χ1v) is 6.82. The van der Waals surface area contributed by atoms with Gasteiger partial charge in [-0.15, -0.1) is 0 Å². The van der Waals surface area contributed by atoms with Gasteiger partial charge in [0.1, 0.15) is 11.5 Å². The van der Waals surface area contributed by atoms with Crippen molar-refractivity contribution in [1.29, 1.82) is 0 Å². The molecule has 4 nitrogen and oxygen atoms in total. The third-order valence-electron chi connectivity index (χ3n) is 4.06. The van der Waals surface area contributed by atoms with Gasteiger partial charge in [0.05, 0.1) is 14.2 Å². The van der Waals surface area contributed by atoms with Crippen molar-refractivity contribution in [3.63, 3.8) is 0 Å². The van der Waals surface area contributed by atoms with Gasteiger partial charge >= 0.3 is 0 Å². The van der Waals surface area contributed by atoms with Crippen LogP contribution >= 0.6 is 0 Å². The minimum atomic E-state index is 0.336. The Hall–Kier alpha value is -1.26. The summed E-state index contributed by atoms with van der Waals surface area (Å²) in [5.41, 5.74) is 1.19. The first-order chi connectivity index (χ1) is 9.19. The van der Waals surface area contributed by atoms with Crippen LogP contribution in [-0.2, 0) is 0 Å². The predicted octanol–water partition coefficient (Wildman–Crippen LogP) is 2.06. The highest BCUT2D eigenvalue weighted by Crippen LogP contribution is 2.33. The number of hydrogen-bond acceptors (Lipinski definition) is 4. The van der Waals surface area contributed by atoms with Crippen LogP contribution in [0.25, 0.3) is 0 Å². The molecule has 1 heterocycles. The second kappa shape index (κ2) is 6.26. The number of rotatable bonds is 5. The molecule has 0 aliphatic carbocycles. The highest BCUT2D eigenvalue weighted by Gasteiger charge is 2.27. The van der Waals surface area contributed by atoms with Crippen LogP contribution in [0.2, 0.25) is 0 Å². The molecule has 2 atom stereocenters. The second-order valence-corrected chi connectivity index (χ2v) is 5.05. The van der Waals surface area contributed by atoms with Gasteiger partial charge in [-0.25, -0.2) is 0 Å². The molecule has 0 aromatic heterocycles. The number of nitrogens with zero attached hydrogens (tertiary/aromatic N) is 1. The highest BCUT2D eigenvalue weighted by atomic mass is 16.5. The van der Waals surface area contributed by atoms with Gasteiger partial charge in [-0.05, 0) is 38.6 Å². The number of likely N-dealkylation sites (tertiary alicyclic amines) is 1. The molecule has 106 valence electrons. The van der Waals surface area contributed by atoms with Crippen LogP contribution < -0.4 is 14.8 Å². The van der Waals surface area contributed by atoms with Gasteiger partial charge in [-0.3, -0.25) is 4.90 Å². The lowest BCUT2D eigenvalue weighted by atomic mass is 10.1. The van der Waals surface area contributed by atoms with Gasteiger partial charge in [-0.1, -0.05) is 0 Å². The van der Waals surface area contributed by atoms with Crippen molar-refractivity contribution in [2.24, 2.45) is 0 Å². The van der Waals surface area contributed by atoms with Crippen LogP contribution in [0.4, 0.5) is 0 Å². The molecule has 1 fully saturated rings. The van der Waals surface area contributed by atoms with Crippen LogP contribution in [0.3, 0.4) is 0 Å². The van der Waals surface area contributed by atoms with Crippen molar-refractivity contribution < 1.29 is 9.47 Å². The first-order valence-electron chi connectivity index (χ1n) is 6.82. The van der Waals surface area contributed by atoms with E-state index in [1.165, 1.54) is 12.0 Å². The molecule has 1 aliphatic rings. The van der Waals surface area contributed by atoms with E-state index in [1.54, 1.807) is 14.2 Å². The Bertz CT molecular complexity index is 423. The van der Waals surface area contributed by atoms with Crippen LogP contribution in [0.15, 0.2) is 18.2 Å². The summed E-state index contributed by atoms with van der Waals surface area (Å²) in [6.45, 7) is 4.43. The number of hydrogen-bond donors (Lipinski definition) is 1. The SMILES string of the molecule is CNC1CCN(C(C)c2cc(OC)ccc2OC)C1. The lowest BCUT2D eigenvalue weighted by Gasteiger charge is -2.26. The third kappa shape index (κ3) is 3.01. The zero-order valence-electron chi connectivity index (χ0n) is 12.3. The molecule has 1 aromatic carbocycles. The molecule has 1 saturated heterocycles. The second-order valence-electron chi connectivity index (χ2n) is 5.05. The summed E-state index contributed by atoms with van der Waals surface area (Å²) in [4.78, 5) is 2.48. The van der Waals surface area contributed by atoms with Crippen molar-refractivity contribution in [2.45, 2.75) is 25.4 Å². The van der Waals surface area contributed by atoms with Gasteiger partial charge in [0.25, 0.3) is 0 Å². The maximum atomic E-state index is 5.48. The summed E-state index contributed by atoms with van der Waals surface area (Å²) < 4.78 is 10.8. The van der Waals surface area contributed by atoms with Gasteiger partial charge in [0.15, 0.2) is 0 Å². The number of benzene rings is 1. The van der Waals surface area contributed by atoms with E-state index in [9.17, 15) is 0 Å². The summed E-state index contributed by atoms with van der Waals surface area (Å²) in [5, 5.41) is 3.35. The van der Waals surface area contributed by atoms with Crippen LogP contribution in [0, 0.1) is 0 Å². The molecule has 1 aliphatic heterocycles. The fourth-order valence-electron chi connectivity index (χ4n) is 2.74. The monoisotopic (exact) mass is 264 g/mol. The van der Waals surface area contributed by atoms with Crippen molar-refractivity contribution in [1.82, 2.24) is 10.2 Å². The summed E-state index contributed by atoms with van der Waals surface area (Å²) in [6, 6.07) is 6.93. The smallest absolute Gasteiger partial charge is 0.123 e. The summed E-state index contributed by atoms with van der Waals surface area (Å²) in [7, 11) is 5.45. The van der Waals surface area contributed by atoms with E-state index in [-0.39, 0.29) is 0 Å². The van der Waals surface area contributed by atoms with Crippen molar-refractivity contribution in [3.8, 4) is 11.5 Å². The van der Waals surface area contributed by atoms with E-state index < -0.39 is 0 Å². The molecule has 0 amide bonds. The van der Waals surface area contributed by atoms with Crippen LogP contribution in [-0.4, -0.2) is 45.3 Å². The Balaban J connectivity index is 2.20. The fourth-order valence-corrected chi connectivity index (χ4v) is 2.74. The van der Waals surface area contributed by atoms with E-state index in [1.807, 2.05) is 19.2 Å². The van der Waals surface area contributed by atoms with Crippen LogP contribution in [0.5, 0.6) is 11.5 Å². The minimum Gasteiger partial charge on any atom is -0.497 e. The fraction of sp³-hybridized carbons (Fsp3) is 0.600. The molecular formula is C15H24N2O2. The Kier molecular flexibility index (Phi) is 4.66. The average molecular weight is 264 g/mol. The molecule has 0 spiro atoms. The first kappa shape index (κ1) is 14.2. The molecule has 1 N–H and O–H groups in total. The summed E-state index contributed by atoms with van der Waals surface area (Å²) in [6.07, 6.45) is 1.20. The Morgan fingerprint density at radius 1 is 1.32 bits per heavy atom. The Morgan fingerprint density at radius 3 is 2.68 bits per heavy atom. The lowest BCUT2D eigenvalue weighted by Crippen LogP contribution is -2.31. The molecule has 0 bridgehead atoms. The molecule has 2 unspecified atom stereocenters. The van der Waals surface area contributed by atoms with E-state index in [0.29, 0.717) is 12.1 Å². The maximum Gasteiger partial charge on any atom is 0.123 e. The number of likely N-dealkylation sites (N-methyl/N-ethyl adjacent to an activating group) is 1. The Morgan fingerprint density at radius 2 is 2.11 bits per heavy atom. The number of nitrogens with one attached hydrogen (secondary N) is 1. The molecule has 0 saturated carbocycles. The van der Waals surface area contributed by atoms with E-state index in [4.69, 9.17) is 9.47 Å².